The van der Waals surface area contributed by atoms with Gasteiger partial charge in [0.25, 0.3) is 0 Å². The van der Waals surface area contributed by atoms with Gasteiger partial charge in [0.2, 0.25) is 0 Å². The Hall–Kier alpha value is -1.98. The van der Waals surface area contributed by atoms with Gasteiger partial charge in [-0.15, -0.1) is 0 Å². The fraction of sp³-hybridized carbons (Fsp3) is 0. The first-order valence-corrected chi connectivity index (χ1v) is 10.3. The van der Waals surface area contributed by atoms with Gasteiger partial charge in [-0.3, -0.25) is 9.98 Å². The molecular weight excluding hydrogens is 423 g/mol. The van der Waals surface area contributed by atoms with Gasteiger partial charge in [0, 0.05) is 0 Å². The molecule has 0 aliphatic heterocycles. The molecule has 0 aliphatic rings. The molecule has 8 heteroatoms. The van der Waals surface area contributed by atoms with E-state index in [2.05, 4.69) is 15.0 Å². The summed E-state index contributed by atoms with van der Waals surface area (Å²) >= 11 is 0.194. The number of aliphatic imine (C=N–C) groups is 2. The Bertz CT molecular complexity index is 827. The van der Waals surface area contributed by atoms with Gasteiger partial charge in [-0.25, -0.2) is 8.78 Å². The first-order chi connectivity index (χ1) is 12.6. The fourth-order valence-corrected chi connectivity index (χ4v) is 1.97. The molecule has 0 saturated heterocycles. The number of rotatable bonds is 4. The molecule has 136 valence electrons. The van der Waals surface area contributed by atoms with Crippen molar-refractivity contribution in [2.45, 2.75) is 0 Å². The van der Waals surface area contributed by atoms with Crippen molar-refractivity contribution in [3.63, 3.8) is 0 Å². The molecule has 3 nitrogen and oxygen atoms in total. The number of H-pyrrole nitrogens is 1. The average Bonchev–Trinajstić information content (AvgIpc) is 3.09. The Balaban J connectivity index is 0.000000758. The molecule has 0 spiro atoms. The van der Waals surface area contributed by atoms with Crippen LogP contribution in [0.4, 0.5) is 20.2 Å². The van der Waals surface area contributed by atoms with Gasteiger partial charge in [-0.05, 0) is 36.4 Å². The molecule has 0 bridgehead atoms. The third kappa shape index (κ3) is 6.39. The average molecular weight is 436 g/mol. The second-order valence-corrected chi connectivity index (χ2v) is 6.66. The normalized spacial score (nSPS) is 11.1. The Morgan fingerprint density at radius 2 is 1.12 bits per heavy atom. The third-order valence-corrected chi connectivity index (χ3v) is 3.12. The number of benzene rings is 2. The molecular formula is C18H13Cl2F2FeN3. The van der Waals surface area contributed by atoms with Crippen LogP contribution in [0.1, 0.15) is 11.4 Å². The molecule has 0 atom stereocenters. The van der Waals surface area contributed by atoms with E-state index >= 15 is 0 Å². The van der Waals surface area contributed by atoms with Gasteiger partial charge in [0.05, 0.1) is 35.2 Å². The van der Waals surface area contributed by atoms with Crippen molar-refractivity contribution in [1.82, 2.24) is 4.98 Å². The van der Waals surface area contributed by atoms with E-state index in [1.54, 1.807) is 48.5 Å². The van der Waals surface area contributed by atoms with Gasteiger partial charge >= 0.3 is 33.3 Å². The Morgan fingerprint density at radius 1 is 0.731 bits per heavy atom. The molecule has 3 rings (SSSR count). The van der Waals surface area contributed by atoms with Crippen LogP contribution in [0.15, 0.2) is 70.6 Å². The fourth-order valence-electron chi connectivity index (χ4n) is 1.97. The SMILES string of the molecule is Fc1ccccc1N=Cc1ccc(C=Nc2ccccc2F)[nH]1.[Cl][Fe][Cl]. The van der Waals surface area contributed by atoms with E-state index in [9.17, 15) is 8.78 Å². The van der Waals surface area contributed by atoms with Crippen LogP contribution in [0.5, 0.6) is 0 Å². The predicted molar refractivity (Wildman–Crippen MR) is 99.8 cm³/mol. The van der Waals surface area contributed by atoms with E-state index in [1.807, 2.05) is 0 Å². The molecule has 26 heavy (non-hydrogen) atoms. The molecule has 1 aromatic heterocycles. The Kier molecular flexibility index (Phi) is 8.51. The van der Waals surface area contributed by atoms with Crippen LogP contribution in [0.2, 0.25) is 0 Å². The molecule has 1 heterocycles. The number of aromatic nitrogens is 1. The summed E-state index contributed by atoms with van der Waals surface area (Å²) in [5, 5.41) is 0. The molecule has 0 amide bonds. The molecule has 0 aliphatic carbocycles. The van der Waals surface area contributed by atoms with Gasteiger partial charge < -0.3 is 4.98 Å². The number of hydrogen-bond acceptors (Lipinski definition) is 2. The van der Waals surface area contributed by atoms with Gasteiger partial charge in [-0.2, -0.15) is 0 Å². The van der Waals surface area contributed by atoms with Crippen molar-refractivity contribution >= 4 is 44.0 Å². The van der Waals surface area contributed by atoms with Crippen LogP contribution in [0.25, 0.3) is 0 Å². The number of nitrogens with one attached hydrogen (secondary N) is 1. The topological polar surface area (TPSA) is 40.5 Å². The van der Waals surface area contributed by atoms with Crippen LogP contribution < -0.4 is 0 Å². The maximum absolute atomic E-state index is 13.5. The molecule has 0 saturated carbocycles. The van der Waals surface area contributed by atoms with Crippen molar-refractivity contribution in [2.75, 3.05) is 0 Å². The van der Waals surface area contributed by atoms with Crippen LogP contribution in [-0.2, 0) is 13.1 Å². The maximum atomic E-state index is 13.5. The molecule has 0 radical (unpaired) electrons. The van der Waals surface area contributed by atoms with Crippen molar-refractivity contribution in [3.05, 3.63) is 83.7 Å². The van der Waals surface area contributed by atoms with Crippen LogP contribution in [0.3, 0.4) is 0 Å². The van der Waals surface area contributed by atoms with Crippen molar-refractivity contribution in [2.24, 2.45) is 9.98 Å². The number of aromatic amines is 1. The number of nitrogens with zero attached hydrogens (tertiary/aromatic N) is 2. The molecule has 3 aromatic rings. The number of halogens is 4. The molecule has 0 unspecified atom stereocenters. The zero-order valence-corrected chi connectivity index (χ0v) is 15.8. The summed E-state index contributed by atoms with van der Waals surface area (Å²) in [4.78, 5) is 11.2. The standard InChI is InChI=1S/C18H13F2N3.2ClH.Fe/c19-15-5-1-3-7-17(15)21-11-13-9-10-14(23-13)12-22-18-8-4-2-6-16(18)20;;;/h1-12,23H;2*1H;/q;;;+2/p-2. The van der Waals surface area contributed by atoms with Crippen molar-refractivity contribution in [1.29, 1.82) is 0 Å². The Labute approximate surface area is 164 Å². The number of hydrogen-bond donors (Lipinski definition) is 1. The summed E-state index contributed by atoms with van der Waals surface area (Å²) < 4.78 is 26.9. The van der Waals surface area contributed by atoms with Crippen LogP contribution in [0, 0.1) is 11.6 Å². The van der Waals surface area contributed by atoms with E-state index < -0.39 is 0 Å². The van der Waals surface area contributed by atoms with Gasteiger partial charge in [-0.1, -0.05) is 24.3 Å². The summed E-state index contributed by atoms with van der Waals surface area (Å²) in [7, 11) is 9.53. The second-order valence-electron chi connectivity index (χ2n) is 4.84. The van der Waals surface area contributed by atoms with Crippen molar-refractivity contribution in [3.8, 4) is 0 Å². The third-order valence-electron chi connectivity index (χ3n) is 3.12. The van der Waals surface area contributed by atoms with E-state index in [4.69, 9.17) is 20.2 Å². The first-order valence-electron chi connectivity index (χ1n) is 7.25. The Morgan fingerprint density at radius 3 is 1.50 bits per heavy atom. The molecule has 2 aromatic carbocycles. The summed E-state index contributed by atoms with van der Waals surface area (Å²) in [5.41, 5.74) is 1.93. The number of para-hydroxylation sites is 2. The van der Waals surface area contributed by atoms with Crippen LogP contribution >= 0.6 is 20.2 Å². The van der Waals surface area contributed by atoms with E-state index in [0.717, 1.165) is 0 Å². The quantitative estimate of drug-likeness (QED) is 0.376. The second kappa shape index (κ2) is 10.9. The van der Waals surface area contributed by atoms with E-state index in [1.165, 1.54) is 24.6 Å². The molecule has 1 N–H and O–H groups in total. The van der Waals surface area contributed by atoms with Crippen molar-refractivity contribution < 1.29 is 21.9 Å². The summed E-state index contributed by atoms with van der Waals surface area (Å²) in [5.74, 6) is -0.756. The monoisotopic (exact) mass is 435 g/mol. The predicted octanol–water partition coefficient (Wildman–Crippen LogP) is 6.17. The molecule has 0 fully saturated rings. The minimum atomic E-state index is -0.378. The van der Waals surface area contributed by atoms with Crippen LogP contribution in [-0.4, -0.2) is 17.4 Å². The minimum absolute atomic E-state index is 0.194. The zero-order chi connectivity index (χ0) is 18.8. The van der Waals surface area contributed by atoms with Gasteiger partial charge in [0.1, 0.15) is 11.6 Å². The van der Waals surface area contributed by atoms with E-state index in [-0.39, 0.29) is 36.1 Å². The zero-order valence-electron chi connectivity index (χ0n) is 13.2. The first kappa shape index (κ1) is 20.3. The summed E-state index contributed by atoms with van der Waals surface area (Å²) in [6.45, 7) is 0. The van der Waals surface area contributed by atoms with E-state index in [0.29, 0.717) is 11.4 Å². The summed E-state index contributed by atoms with van der Waals surface area (Å²) in [6, 6.07) is 16.1. The summed E-state index contributed by atoms with van der Waals surface area (Å²) in [6.07, 6.45) is 3.05. The van der Waals surface area contributed by atoms with Gasteiger partial charge in [0.15, 0.2) is 0 Å².